The van der Waals surface area contributed by atoms with Crippen molar-refractivity contribution in [2.24, 2.45) is 5.41 Å². The van der Waals surface area contributed by atoms with Gasteiger partial charge in [0.15, 0.2) is 0 Å². The summed E-state index contributed by atoms with van der Waals surface area (Å²) in [5, 5.41) is 23.4. The van der Waals surface area contributed by atoms with Crippen molar-refractivity contribution >= 4 is 17.8 Å². The molecule has 0 bridgehead atoms. The number of hydrogen-bond acceptors (Lipinski definition) is 6. The maximum absolute atomic E-state index is 13.4. The van der Waals surface area contributed by atoms with Crippen LogP contribution in [0, 0.1) is 5.41 Å². The van der Waals surface area contributed by atoms with Gasteiger partial charge >= 0.3 is 6.03 Å². The number of hydrogen-bond donors (Lipinski definition) is 3. The molecule has 4 amide bonds. The zero-order valence-corrected chi connectivity index (χ0v) is 17.8. The highest BCUT2D eigenvalue weighted by Crippen LogP contribution is 2.34. The molecule has 1 fully saturated rings. The third-order valence-corrected chi connectivity index (χ3v) is 4.81. The summed E-state index contributed by atoms with van der Waals surface area (Å²) >= 11 is 0. The van der Waals surface area contributed by atoms with Crippen LogP contribution in [0.5, 0.6) is 0 Å². The predicted molar refractivity (Wildman–Crippen MR) is 105 cm³/mol. The Morgan fingerprint density at radius 3 is 2.55 bits per heavy atom. The molecule has 1 aromatic rings. The monoisotopic (exact) mass is 409 g/mol. The number of aromatic nitrogens is 3. The van der Waals surface area contributed by atoms with E-state index in [-0.39, 0.29) is 37.4 Å². The van der Waals surface area contributed by atoms with Gasteiger partial charge in [0.2, 0.25) is 11.8 Å². The Hall–Kier alpha value is -2.69. The molecular weight excluding hydrogens is 378 g/mol. The number of rotatable bonds is 5. The zero-order valence-electron chi connectivity index (χ0n) is 17.8. The average Bonchev–Trinajstić information content (AvgIpc) is 3.24. The van der Waals surface area contributed by atoms with Crippen LogP contribution >= 0.6 is 0 Å². The maximum atomic E-state index is 13.4. The second kappa shape index (κ2) is 8.76. The number of urea groups is 1. The zero-order chi connectivity index (χ0) is 21.9. The fourth-order valence-electron chi connectivity index (χ4n) is 3.35. The molecule has 0 aromatic carbocycles. The van der Waals surface area contributed by atoms with Crippen LogP contribution in [0.25, 0.3) is 0 Å². The van der Waals surface area contributed by atoms with E-state index in [9.17, 15) is 19.5 Å². The Morgan fingerprint density at radius 1 is 1.34 bits per heavy atom. The van der Waals surface area contributed by atoms with E-state index >= 15 is 0 Å². The van der Waals surface area contributed by atoms with Gasteiger partial charge in [-0.2, -0.15) is 0 Å². The molecule has 3 atom stereocenters. The second-order valence-corrected chi connectivity index (χ2v) is 8.52. The average molecular weight is 409 g/mol. The summed E-state index contributed by atoms with van der Waals surface area (Å²) in [5.74, 6) is -0.621. The highest BCUT2D eigenvalue weighted by molar-refractivity contribution is 5.90. The van der Waals surface area contributed by atoms with Crippen LogP contribution < -0.4 is 10.6 Å². The van der Waals surface area contributed by atoms with E-state index in [1.807, 2.05) is 20.8 Å². The van der Waals surface area contributed by atoms with Gasteiger partial charge in [-0.05, 0) is 5.41 Å². The SMILES string of the molecule is CNC(=O)[C@@H]1C[C@@H](O)CN1C(=O)[C@@H](n1cc(CNC(=O)N(C)C)nn1)C(C)(C)C. The van der Waals surface area contributed by atoms with E-state index in [0.29, 0.717) is 5.69 Å². The van der Waals surface area contributed by atoms with Gasteiger partial charge in [0, 0.05) is 34.1 Å². The van der Waals surface area contributed by atoms with E-state index in [2.05, 4.69) is 20.9 Å². The Labute approximate surface area is 170 Å². The van der Waals surface area contributed by atoms with Crippen LogP contribution in [-0.2, 0) is 16.1 Å². The van der Waals surface area contributed by atoms with Crippen molar-refractivity contribution in [2.75, 3.05) is 27.7 Å². The molecule has 3 N–H and O–H groups in total. The predicted octanol–water partition coefficient (Wildman–Crippen LogP) is -0.656. The number of carbonyl (C=O) groups is 3. The van der Waals surface area contributed by atoms with Crippen molar-refractivity contribution in [1.29, 1.82) is 0 Å². The summed E-state index contributed by atoms with van der Waals surface area (Å²) in [5.41, 5.74) is -0.0260. The summed E-state index contributed by atoms with van der Waals surface area (Å²) in [7, 11) is 4.77. The van der Waals surface area contributed by atoms with Crippen molar-refractivity contribution in [1.82, 2.24) is 35.4 Å². The van der Waals surface area contributed by atoms with Crippen LogP contribution in [0.15, 0.2) is 6.20 Å². The van der Waals surface area contributed by atoms with Crippen molar-refractivity contribution in [3.63, 3.8) is 0 Å². The molecule has 0 spiro atoms. The molecule has 1 aliphatic heterocycles. The molecule has 2 rings (SSSR count). The first-order chi connectivity index (χ1) is 13.5. The van der Waals surface area contributed by atoms with Gasteiger partial charge in [-0.25, -0.2) is 9.48 Å². The van der Waals surface area contributed by atoms with Gasteiger partial charge in [-0.15, -0.1) is 5.10 Å². The van der Waals surface area contributed by atoms with Crippen molar-refractivity contribution < 1.29 is 19.5 Å². The largest absolute Gasteiger partial charge is 0.391 e. The van der Waals surface area contributed by atoms with Gasteiger partial charge in [0.1, 0.15) is 17.8 Å². The molecule has 29 heavy (non-hydrogen) atoms. The second-order valence-electron chi connectivity index (χ2n) is 8.52. The fraction of sp³-hybridized carbons (Fsp3) is 0.722. The Morgan fingerprint density at radius 2 is 2.00 bits per heavy atom. The molecular formula is C18H31N7O4. The van der Waals surface area contributed by atoms with Crippen LogP contribution in [0.3, 0.4) is 0 Å². The topological polar surface area (TPSA) is 133 Å². The number of aliphatic hydroxyl groups excluding tert-OH is 1. The smallest absolute Gasteiger partial charge is 0.317 e. The Bertz CT molecular complexity index is 756. The maximum Gasteiger partial charge on any atom is 0.317 e. The molecule has 11 nitrogen and oxygen atoms in total. The van der Waals surface area contributed by atoms with Gasteiger partial charge < -0.3 is 25.5 Å². The number of β-amino-alcohol motifs (C(OH)–C–C–N with tert-alkyl or cyclic N) is 1. The van der Waals surface area contributed by atoms with Gasteiger partial charge in [-0.3, -0.25) is 9.59 Å². The Kier molecular flexibility index (Phi) is 6.83. The van der Waals surface area contributed by atoms with E-state index in [4.69, 9.17) is 0 Å². The van der Waals surface area contributed by atoms with Crippen LogP contribution in [0.2, 0.25) is 0 Å². The first-order valence-electron chi connectivity index (χ1n) is 9.51. The number of amides is 4. The highest BCUT2D eigenvalue weighted by Gasteiger charge is 2.44. The summed E-state index contributed by atoms with van der Waals surface area (Å²) < 4.78 is 1.46. The molecule has 0 aliphatic carbocycles. The standard InChI is InChI=1S/C18H31N7O4/c1-18(2,3)14(16(28)24-10-12(26)7-13(24)15(27)19-4)25-9-11(21-22-25)8-20-17(29)23(5)6/h9,12-14,26H,7-8,10H2,1-6H3,(H,19,27)(H,20,29)/t12-,13+,14-/m1/s1. The number of aliphatic hydroxyl groups is 1. The van der Waals surface area contributed by atoms with Gasteiger partial charge in [-0.1, -0.05) is 26.0 Å². The van der Waals surface area contributed by atoms with Crippen LogP contribution in [-0.4, -0.2) is 87.6 Å². The summed E-state index contributed by atoms with van der Waals surface area (Å²) in [6.45, 7) is 5.94. The molecule has 2 heterocycles. The minimum Gasteiger partial charge on any atom is -0.391 e. The van der Waals surface area contributed by atoms with Crippen molar-refractivity contribution in [3.05, 3.63) is 11.9 Å². The molecule has 1 aliphatic rings. The first kappa shape index (κ1) is 22.6. The van der Waals surface area contributed by atoms with E-state index in [1.165, 1.54) is 21.5 Å². The number of nitrogens with one attached hydrogen (secondary N) is 2. The van der Waals surface area contributed by atoms with Crippen LogP contribution in [0.4, 0.5) is 4.79 Å². The third-order valence-electron chi connectivity index (χ3n) is 4.81. The first-order valence-corrected chi connectivity index (χ1v) is 9.51. The summed E-state index contributed by atoms with van der Waals surface area (Å²) in [6.07, 6.45) is 1.06. The molecule has 0 radical (unpaired) electrons. The number of likely N-dealkylation sites (N-methyl/N-ethyl adjacent to an activating group) is 1. The molecule has 1 aromatic heterocycles. The number of likely N-dealkylation sites (tertiary alicyclic amines) is 1. The van der Waals surface area contributed by atoms with E-state index < -0.39 is 23.6 Å². The lowest BCUT2D eigenvalue weighted by Gasteiger charge is -2.34. The number of carbonyl (C=O) groups excluding carboxylic acids is 3. The Balaban J connectivity index is 2.25. The summed E-state index contributed by atoms with van der Waals surface area (Å²) in [4.78, 5) is 40.1. The minimum atomic E-state index is -0.755. The molecule has 0 saturated carbocycles. The molecule has 0 unspecified atom stereocenters. The molecule has 162 valence electrons. The molecule has 1 saturated heterocycles. The lowest BCUT2D eigenvalue weighted by atomic mass is 9.85. The minimum absolute atomic E-state index is 0.0872. The summed E-state index contributed by atoms with van der Waals surface area (Å²) in [6, 6.07) is -1.72. The quantitative estimate of drug-likeness (QED) is 0.592. The van der Waals surface area contributed by atoms with Gasteiger partial charge in [0.25, 0.3) is 0 Å². The lowest BCUT2D eigenvalue weighted by Crippen LogP contribution is -2.49. The van der Waals surface area contributed by atoms with Crippen molar-refractivity contribution in [3.8, 4) is 0 Å². The van der Waals surface area contributed by atoms with E-state index in [1.54, 1.807) is 20.3 Å². The lowest BCUT2D eigenvalue weighted by molar-refractivity contribution is -0.144. The van der Waals surface area contributed by atoms with Crippen LogP contribution in [0.1, 0.15) is 38.9 Å². The highest BCUT2D eigenvalue weighted by atomic mass is 16.3. The van der Waals surface area contributed by atoms with Crippen molar-refractivity contribution in [2.45, 2.75) is 51.9 Å². The normalized spacial score (nSPS) is 20.3. The van der Waals surface area contributed by atoms with E-state index in [0.717, 1.165) is 0 Å². The third kappa shape index (κ3) is 5.22. The fourth-order valence-corrected chi connectivity index (χ4v) is 3.35. The molecule has 11 heteroatoms. The number of nitrogens with zero attached hydrogens (tertiary/aromatic N) is 5. The van der Waals surface area contributed by atoms with Gasteiger partial charge in [0.05, 0.1) is 18.8 Å².